The van der Waals surface area contributed by atoms with E-state index in [2.05, 4.69) is 28.2 Å². The van der Waals surface area contributed by atoms with Gasteiger partial charge in [-0.25, -0.2) is 0 Å². The molecular weight excluding hydrogens is 306 g/mol. The van der Waals surface area contributed by atoms with Crippen molar-refractivity contribution in [3.8, 4) is 0 Å². The molecule has 0 bridgehead atoms. The summed E-state index contributed by atoms with van der Waals surface area (Å²) in [4.78, 5) is 12.2. The highest BCUT2D eigenvalue weighted by Crippen LogP contribution is 2.31. The van der Waals surface area contributed by atoms with E-state index in [1.54, 1.807) is 0 Å². The van der Waals surface area contributed by atoms with Crippen molar-refractivity contribution in [3.05, 3.63) is 0 Å². The second-order valence-electron chi connectivity index (χ2n) is 5.92. The zero-order valence-electron chi connectivity index (χ0n) is 11.9. The van der Waals surface area contributed by atoms with Crippen molar-refractivity contribution in [3.63, 3.8) is 0 Å². The van der Waals surface area contributed by atoms with Crippen molar-refractivity contribution in [1.82, 2.24) is 5.32 Å². The smallest absolute Gasteiger partial charge is 0.225 e. The first-order valence-corrected chi connectivity index (χ1v) is 8.83. The highest BCUT2D eigenvalue weighted by Gasteiger charge is 2.33. The summed E-state index contributed by atoms with van der Waals surface area (Å²) in [7, 11) is 0. The maximum atomic E-state index is 12.2. The van der Waals surface area contributed by atoms with Crippen LogP contribution >= 0.6 is 15.9 Å². The van der Waals surface area contributed by atoms with Crippen LogP contribution in [0, 0.1) is 17.8 Å². The van der Waals surface area contributed by atoms with E-state index in [1.165, 1.54) is 25.7 Å². The van der Waals surface area contributed by atoms with Crippen LogP contribution in [-0.2, 0) is 9.53 Å². The fourth-order valence-electron chi connectivity index (χ4n) is 3.47. The second-order valence-corrected chi connectivity index (χ2v) is 6.56. The normalized spacial score (nSPS) is 35.3. The molecule has 1 saturated heterocycles. The number of carbonyl (C=O) groups is 1. The Labute approximate surface area is 125 Å². The van der Waals surface area contributed by atoms with Crippen molar-refractivity contribution >= 4 is 21.8 Å². The zero-order valence-corrected chi connectivity index (χ0v) is 13.5. The number of alkyl halides is 1. The van der Waals surface area contributed by atoms with Gasteiger partial charge in [0, 0.05) is 18.5 Å². The molecule has 110 valence electrons. The molecule has 4 atom stereocenters. The topological polar surface area (TPSA) is 38.3 Å². The lowest BCUT2D eigenvalue weighted by Gasteiger charge is -2.30. The van der Waals surface area contributed by atoms with Crippen LogP contribution < -0.4 is 5.32 Å². The van der Waals surface area contributed by atoms with Gasteiger partial charge < -0.3 is 10.1 Å². The second kappa shape index (κ2) is 7.63. The molecule has 1 N–H and O–H groups in total. The van der Waals surface area contributed by atoms with Crippen LogP contribution in [0.25, 0.3) is 0 Å². The number of amides is 1. The lowest BCUT2D eigenvalue weighted by Crippen LogP contribution is -2.40. The number of rotatable bonds is 5. The van der Waals surface area contributed by atoms with Gasteiger partial charge in [-0.2, -0.15) is 0 Å². The number of carbonyl (C=O) groups excluding carboxylic acids is 1. The summed E-state index contributed by atoms with van der Waals surface area (Å²) in [5.74, 6) is 1.68. The van der Waals surface area contributed by atoms with Gasteiger partial charge in [0.25, 0.3) is 0 Å². The molecule has 19 heavy (non-hydrogen) atoms. The Morgan fingerprint density at radius 2 is 2.00 bits per heavy atom. The number of hydrogen-bond donors (Lipinski definition) is 1. The molecule has 1 heterocycles. The lowest BCUT2D eigenvalue weighted by molar-refractivity contribution is -0.127. The minimum atomic E-state index is 0.0796. The Bertz CT molecular complexity index is 298. The Kier molecular flexibility index (Phi) is 6.14. The largest absolute Gasteiger partial charge is 0.377 e. The molecule has 0 aromatic carbocycles. The zero-order chi connectivity index (χ0) is 13.7. The van der Waals surface area contributed by atoms with E-state index in [0.29, 0.717) is 5.92 Å². The summed E-state index contributed by atoms with van der Waals surface area (Å²) >= 11 is 3.61. The Hall–Kier alpha value is -0.0900. The molecule has 2 fully saturated rings. The molecule has 3 nitrogen and oxygen atoms in total. The van der Waals surface area contributed by atoms with Crippen molar-refractivity contribution < 1.29 is 9.53 Å². The lowest BCUT2D eigenvalue weighted by atomic mass is 9.80. The van der Waals surface area contributed by atoms with E-state index in [0.717, 1.165) is 37.2 Å². The predicted octanol–water partition coefficient (Wildman–Crippen LogP) is 3.12. The summed E-state index contributed by atoms with van der Waals surface area (Å²) in [6.45, 7) is 3.68. The summed E-state index contributed by atoms with van der Waals surface area (Å²) in [5, 5.41) is 4.25. The molecule has 0 radical (unpaired) electrons. The molecule has 1 aliphatic carbocycles. The molecular formula is C15H26BrNO2. The molecule has 0 aromatic heterocycles. The summed E-state index contributed by atoms with van der Waals surface area (Å²) < 4.78 is 5.60. The average Bonchev–Trinajstić information content (AvgIpc) is 2.93. The van der Waals surface area contributed by atoms with E-state index >= 15 is 0 Å². The third-order valence-corrected chi connectivity index (χ3v) is 5.58. The molecule has 0 spiro atoms. The SMILES string of the molecule is CCC1OCCC1C(=O)NCC1CCCCC1CBr. The van der Waals surface area contributed by atoms with E-state index in [1.807, 2.05) is 0 Å². The van der Waals surface area contributed by atoms with E-state index in [9.17, 15) is 4.79 Å². The van der Waals surface area contributed by atoms with Gasteiger partial charge in [0.05, 0.1) is 12.0 Å². The van der Waals surface area contributed by atoms with Gasteiger partial charge in [0.1, 0.15) is 0 Å². The number of halogens is 1. The molecule has 2 aliphatic rings. The van der Waals surface area contributed by atoms with Crippen LogP contribution in [0.3, 0.4) is 0 Å². The highest BCUT2D eigenvalue weighted by molar-refractivity contribution is 9.09. The summed E-state index contributed by atoms with van der Waals surface area (Å²) in [6.07, 6.45) is 7.18. The van der Waals surface area contributed by atoms with Crippen LogP contribution in [0.2, 0.25) is 0 Å². The van der Waals surface area contributed by atoms with Crippen molar-refractivity contribution in [2.24, 2.45) is 17.8 Å². The molecule has 2 rings (SSSR count). The van der Waals surface area contributed by atoms with Crippen LogP contribution in [0.5, 0.6) is 0 Å². The van der Waals surface area contributed by atoms with Crippen molar-refractivity contribution in [2.45, 2.75) is 51.6 Å². The van der Waals surface area contributed by atoms with E-state index < -0.39 is 0 Å². The quantitative estimate of drug-likeness (QED) is 0.786. The molecule has 4 heteroatoms. The molecule has 1 amide bonds. The Morgan fingerprint density at radius 3 is 2.68 bits per heavy atom. The first-order chi connectivity index (χ1) is 9.26. The maximum absolute atomic E-state index is 12.2. The molecule has 0 aromatic rings. The van der Waals surface area contributed by atoms with Gasteiger partial charge in [-0.3, -0.25) is 4.79 Å². The number of hydrogen-bond acceptors (Lipinski definition) is 2. The Balaban J connectivity index is 1.79. The van der Waals surface area contributed by atoms with Gasteiger partial charge in [-0.05, 0) is 37.5 Å². The number of nitrogens with one attached hydrogen (secondary N) is 1. The van der Waals surface area contributed by atoms with E-state index in [-0.39, 0.29) is 17.9 Å². The fourth-order valence-corrected chi connectivity index (χ4v) is 4.32. The minimum absolute atomic E-state index is 0.0796. The monoisotopic (exact) mass is 331 g/mol. The first kappa shape index (κ1) is 15.3. The van der Waals surface area contributed by atoms with Gasteiger partial charge >= 0.3 is 0 Å². The minimum Gasteiger partial charge on any atom is -0.377 e. The van der Waals surface area contributed by atoms with Crippen LogP contribution in [-0.4, -0.2) is 30.5 Å². The van der Waals surface area contributed by atoms with Crippen LogP contribution in [0.1, 0.15) is 45.4 Å². The third-order valence-electron chi connectivity index (χ3n) is 4.75. The van der Waals surface area contributed by atoms with Gasteiger partial charge in [0.15, 0.2) is 0 Å². The highest BCUT2D eigenvalue weighted by atomic mass is 79.9. The standard InChI is InChI=1S/C15H26BrNO2/c1-2-14-13(7-8-19-14)15(18)17-10-12-6-4-3-5-11(12)9-16/h11-14H,2-10H2,1H3,(H,17,18). The molecule has 1 saturated carbocycles. The van der Waals surface area contributed by atoms with Crippen molar-refractivity contribution in [1.29, 1.82) is 0 Å². The van der Waals surface area contributed by atoms with Crippen molar-refractivity contribution in [2.75, 3.05) is 18.5 Å². The predicted molar refractivity (Wildman–Crippen MR) is 80.4 cm³/mol. The molecule has 4 unspecified atom stereocenters. The van der Waals surface area contributed by atoms with Gasteiger partial charge in [0.2, 0.25) is 5.91 Å². The van der Waals surface area contributed by atoms with Gasteiger partial charge in [-0.1, -0.05) is 35.7 Å². The molecule has 1 aliphatic heterocycles. The average molecular weight is 332 g/mol. The maximum Gasteiger partial charge on any atom is 0.225 e. The number of ether oxygens (including phenoxy) is 1. The van der Waals surface area contributed by atoms with Crippen LogP contribution in [0.4, 0.5) is 0 Å². The van der Waals surface area contributed by atoms with Gasteiger partial charge in [-0.15, -0.1) is 0 Å². The summed E-state index contributed by atoms with van der Waals surface area (Å²) in [5.41, 5.74) is 0. The fraction of sp³-hybridized carbons (Fsp3) is 0.933. The summed E-state index contributed by atoms with van der Waals surface area (Å²) in [6, 6.07) is 0. The van der Waals surface area contributed by atoms with E-state index in [4.69, 9.17) is 4.74 Å². The Morgan fingerprint density at radius 1 is 1.26 bits per heavy atom. The third kappa shape index (κ3) is 3.94. The first-order valence-electron chi connectivity index (χ1n) is 7.71. The van der Waals surface area contributed by atoms with Crippen LogP contribution in [0.15, 0.2) is 0 Å².